The van der Waals surface area contributed by atoms with E-state index in [0.717, 1.165) is 24.9 Å². The summed E-state index contributed by atoms with van der Waals surface area (Å²) in [6, 6.07) is 9.30. The molecule has 1 amide bonds. The fraction of sp³-hybridized carbons (Fsp3) is 0.435. The molecule has 9 heteroatoms. The van der Waals surface area contributed by atoms with Crippen LogP contribution in [0.4, 0.5) is 10.7 Å². The number of hydrogen-bond donors (Lipinski definition) is 2. The van der Waals surface area contributed by atoms with Crippen molar-refractivity contribution in [3.8, 4) is 0 Å². The highest BCUT2D eigenvalue weighted by Crippen LogP contribution is 2.26. The minimum absolute atomic E-state index is 0.0783. The summed E-state index contributed by atoms with van der Waals surface area (Å²) >= 11 is 6.41. The molecule has 0 saturated carbocycles. The Labute approximate surface area is 191 Å². The number of pyridine rings is 1. The zero-order chi connectivity index (χ0) is 22.9. The van der Waals surface area contributed by atoms with E-state index >= 15 is 0 Å². The maximum Gasteiger partial charge on any atom is 0.407 e. The number of benzene rings is 1. The smallest absolute Gasteiger partial charge is 0.407 e. The molecule has 2 N–H and O–H groups in total. The maximum atomic E-state index is 12.7. The lowest BCUT2D eigenvalue weighted by Crippen LogP contribution is -2.49. The molecule has 8 nitrogen and oxygen atoms in total. The number of hydrogen-bond acceptors (Lipinski definition) is 5. The summed E-state index contributed by atoms with van der Waals surface area (Å²) in [7, 11) is 0. The number of fused-ring (bicyclic) bond motifs is 1. The number of carbonyl (C=O) groups excluding carboxylic acids is 1. The van der Waals surface area contributed by atoms with Crippen LogP contribution in [0.25, 0.3) is 11.0 Å². The van der Waals surface area contributed by atoms with E-state index in [1.165, 1.54) is 0 Å². The number of aromatic amines is 1. The van der Waals surface area contributed by atoms with Gasteiger partial charge in [0.2, 0.25) is 5.95 Å². The number of anilines is 1. The van der Waals surface area contributed by atoms with Gasteiger partial charge in [0, 0.05) is 30.4 Å². The van der Waals surface area contributed by atoms with Crippen LogP contribution in [-0.4, -0.2) is 45.4 Å². The molecule has 0 radical (unpaired) electrons. The lowest BCUT2D eigenvalue weighted by Gasteiger charge is -2.34. The highest BCUT2D eigenvalue weighted by atomic mass is 35.5. The van der Waals surface area contributed by atoms with Gasteiger partial charge in [0.1, 0.15) is 11.1 Å². The first-order valence-corrected chi connectivity index (χ1v) is 11.1. The van der Waals surface area contributed by atoms with E-state index in [9.17, 15) is 9.59 Å². The number of nitrogens with one attached hydrogen (secondary N) is 2. The van der Waals surface area contributed by atoms with E-state index in [1.807, 2.05) is 49.6 Å². The van der Waals surface area contributed by atoms with Gasteiger partial charge in [0.05, 0.1) is 12.1 Å². The number of imidazole rings is 1. The van der Waals surface area contributed by atoms with Crippen molar-refractivity contribution in [1.29, 1.82) is 0 Å². The van der Waals surface area contributed by atoms with Gasteiger partial charge in [0.15, 0.2) is 0 Å². The van der Waals surface area contributed by atoms with Crippen LogP contribution in [0.15, 0.2) is 41.3 Å². The summed E-state index contributed by atoms with van der Waals surface area (Å²) in [5, 5.41) is 3.60. The van der Waals surface area contributed by atoms with Crippen LogP contribution in [-0.2, 0) is 11.3 Å². The van der Waals surface area contributed by atoms with E-state index < -0.39 is 11.7 Å². The minimum Gasteiger partial charge on any atom is -0.444 e. The maximum absolute atomic E-state index is 12.7. The molecular formula is C23H28ClN5O3. The molecule has 1 saturated heterocycles. The van der Waals surface area contributed by atoms with Crippen molar-refractivity contribution in [2.24, 2.45) is 0 Å². The third-order valence-electron chi connectivity index (χ3n) is 5.36. The fourth-order valence-electron chi connectivity index (χ4n) is 4.02. The number of H-pyrrole nitrogens is 1. The summed E-state index contributed by atoms with van der Waals surface area (Å²) < 4.78 is 7.32. The van der Waals surface area contributed by atoms with Crippen LogP contribution >= 0.6 is 11.6 Å². The molecule has 1 fully saturated rings. The van der Waals surface area contributed by atoms with Gasteiger partial charge >= 0.3 is 6.09 Å². The van der Waals surface area contributed by atoms with Crippen LogP contribution in [0.1, 0.15) is 39.2 Å². The van der Waals surface area contributed by atoms with Crippen LogP contribution in [0, 0.1) is 0 Å². The number of aromatic nitrogens is 3. The second-order valence-corrected chi connectivity index (χ2v) is 9.47. The topological polar surface area (TPSA) is 92.2 Å². The van der Waals surface area contributed by atoms with Gasteiger partial charge in [0.25, 0.3) is 5.56 Å². The molecule has 3 aromatic rings. The number of piperidine rings is 1. The van der Waals surface area contributed by atoms with Crippen molar-refractivity contribution in [1.82, 2.24) is 19.9 Å². The van der Waals surface area contributed by atoms with Crippen molar-refractivity contribution in [2.75, 3.05) is 18.0 Å². The zero-order valence-corrected chi connectivity index (χ0v) is 19.3. The van der Waals surface area contributed by atoms with Gasteiger partial charge in [-0.05, 0) is 51.3 Å². The Morgan fingerprint density at radius 3 is 2.84 bits per heavy atom. The highest BCUT2D eigenvalue weighted by Gasteiger charge is 2.28. The molecule has 0 aliphatic carbocycles. The molecule has 2 aromatic heterocycles. The van der Waals surface area contributed by atoms with E-state index in [-0.39, 0.29) is 11.6 Å². The summed E-state index contributed by atoms with van der Waals surface area (Å²) in [6.45, 7) is 7.29. The van der Waals surface area contributed by atoms with Crippen LogP contribution in [0.5, 0.6) is 0 Å². The predicted molar refractivity (Wildman–Crippen MR) is 126 cm³/mol. The average molecular weight is 458 g/mol. The summed E-state index contributed by atoms with van der Waals surface area (Å²) in [6.07, 6.45) is 2.91. The number of halogens is 1. The number of ether oxygens (including phenoxy) is 1. The van der Waals surface area contributed by atoms with Crippen molar-refractivity contribution in [3.63, 3.8) is 0 Å². The number of amides is 1. The number of carbonyl (C=O) groups is 1. The van der Waals surface area contributed by atoms with Gasteiger partial charge in [-0.2, -0.15) is 0 Å². The van der Waals surface area contributed by atoms with Crippen LogP contribution in [0.3, 0.4) is 0 Å². The Balaban J connectivity index is 1.65. The summed E-state index contributed by atoms with van der Waals surface area (Å²) in [5.41, 5.74) is 1.28. The van der Waals surface area contributed by atoms with Crippen molar-refractivity contribution in [2.45, 2.75) is 51.8 Å². The molecule has 32 heavy (non-hydrogen) atoms. The first-order chi connectivity index (χ1) is 15.2. The monoisotopic (exact) mass is 457 g/mol. The van der Waals surface area contributed by atoms with Gasteiger partial charge in [-0.3, -0.25) is 4.79 Å². The number of alkyl carbamates (subject to hydrolysis) is 1. The van der Waals surface area contributed by atoms with Crippen LogP contribution < -0.4 is 15.8 Å². The predicted octanol–water partition coefficient (Wildman–Crippen LogP) is 3.92. The SMILES string of the molecule is CC(C)(C)OC(=O)N[C@@H]1CCCN(c2nc3cc[nH]c(=O)c3n2Cc2ccccc2Cl)C1. The van der Waals surface area contributed by atoms with E-state index in [2.05, 4.69) is 15.2 Å². The molecule has 170 valence electrons. The second-order valence-electron chi connectivity index (χ2n) is 9.06. The first-order valence-electron chi connectivity index (χ1n) is 10.8. The third-order valence-corrected chi connectivity index (χ3v) is 5.73. The zero-order valence-electron chi connectivity index (χ0n) is 18.5. The Bertz CT molecular complexity index is 1180. The Kier molecular flexibility index (Phi) is 6.15. The Morgan fingerprint density at radius 1 is 1.31 bits per heavy atom. The van der Waals surface area contributed by atoms with E-state index in [1.54, 1.807) is 12.3 Å². The molecule has 4 rings (SSSR count). The first kappa shape index (κ1) is 22.2. The quantitative estimate of drug-likeness (QED) is 0.619. The third kappa shape index (κ3) is 4.91. The highest BCUT2D eigenvalue weighted by molar-refractivity contribution is 6.31. The van der Waals surface area contributed by atoms with E-state index in [0.29, 0.717) is 35.1 Å². The largest absolute Gasteiger partial charge is 0.444 e. The van der Waals surface area contributed by atoms with Gasteiger partial charge in [-0.15, -0.1) is 0 Å². The molecular weight excluding hydrogens is 430 g/mol. The van der Waals surface area contributed by atoms with Crippen molar-refractivity contribution < 1.29 is 9.53 Å². The van der Waals surface area contributed by atoms with E-state index in [4.69, 9.17) is 21.3 Å². The molecule has 1 aliphatic heterocycles. The standard InChI is InChI=1S/C23H28ClN5O3/c1-23(2,3)32-22(31)26-16-8-6-12-28(14-16)21-27-18-10-11-25-20(30)19(18)29(21)13-15-7-4-5-9-17(15)24/h4-5,7,9-11,16H,6,8,12-14H2,1-3H3,(H,25,30)(H,26,31)/t16-/m1/s1. The molecule has 1 atom stereocenters. The molecule has 1 aromatic carbocycles. The number of nitrogens with zero attached hydrogens (tertiary/aromatic N) is 3. The summed E-state index contributed by atoms with van der Waals surface area (Å²) in [5.74, 6) is 0.687. The van der Waals surface area contributed by atoms with Crippen LogP contribution in [0.2, 0.25) is 5.02 Å². The Hall–Kier alpha value is -3.00. The fourth-order valence-corrected chi connectivity index (χ4v) is 4.21. The van der Waals surface area contributed by atoms with Crippen molar-refractivity contribution >= 4 is 34.7 Å². The molecule has 0 spiro atoms. The van der Waals surface area contributed by atoms with Gasteiger partial charge in [-0.25, -0.2) is 9.78 Å². The molecule has 3 heterocycles. The molecule has 0 unspecified atom stereocenters. The number of rotatable bonds is 4. The summed E-state index contributed by atoms with van der Waals surface area (Å²) in [4.78, 5) is 34.6. The normalized spacial score (nSPS) is 16.9. The van der Waals surface area contributed by atoms with Gasteiger partial charge in [-0.1, -0.05) is 29.8 Å². The lowest BCUT2D eigenvalue weighted by molar-refractivity contribution is 0.0500. The van der Waals surface area contributed by atoms with Crippen molar-refractivity contribution in [3.05, 3.63) is 57.5 Å². The average Bonchev–Trinajstić information content (AvgIpc) is 3.08. The van der Waals surface area contributed by atoms with Gasteiger partial charge < -0.3 is 24.5 Å². The second kappa shape index (κ2) is 8.86. The minimum atomic E-state index is -0.553. The lowest BCUT2D eigenvalue weighted by atomic mass is 10.1. The molecule has 1 aliphatic rings. The molecule has 0 bridgehead atoms. The Morgan fingerprint density at radius 2 is 2.09 bits per heavy atom.